The largest absolute Gasteiger partial charge is 0.320 e. The van der Waals surface area contributed by atoms with Crippen LogP contribution in [-0.4, -0.2) is 4.98 Å². The highest BCUT2D eigenvalue weighted by atomic mass is 14.7. The molecular weight excluding hydrogens is 220 g/mol. The van der Waals surface area contributed by atoms with Gasteiger partial charge in [-0.3, -0.25) is 4.98 Å². The first kappa shape index (κ1) is 12.8. The standard InChI is InChI=1S/C16H20N2/c1-10-9-11(2)13(4)15(12(10)3)16(17)14-5-7-18-8-6-14/h5-9,16H,17H2,1-4H3. The van der Waals surface area contributed by atoms with Crippen LogP contribution in [0.2, 0.25) is 0 Å². The summed E-state index contributed by atoms with van der Waals surface area (Å²) in [7, 11) is 0. The lowest BCUT2D eigenvalue weighted by Gasteiger charge is -2.21. The minimum atomic E-state index is -0.0772. The molecule has 0 aliphatic rings. The van der Waals surface area contributed by atoms with E-state index >= 15 is 0 Å². The SMILES string of the molecule is Cc1cc(C)c(C)c(C(N)c2ccncc2)c1C. The molecule has 2 nitrogen and oxygen atoms in total. The lowest BCUT2D eigenvalue weighted by Crippen LogP contribution is -2.16. The van der Waals surface area contributed by atoms with Gasteiger partial charge in [0.15, 0.2) is 0 Å². The molecule has 0 saturated carbocycles. The van der Waals surface area contributed by atoms with Gasteiger partial charge in [0.2, 0.25) is 0 Å². The summed E-state index contributed by atoms with van der Waals surface area (Å²) >= 11 is 0. The summed E-state index contributed by atoms with van der Waals surface area (Å²) in [6, 6.07) is 6.13. The van der Waals surface area contributed by atoms with Crippen LogP contribution in [0.3, 0.4) is 0 Å². The van der Waals surface area contributed by atoms with E-state index in [1.807, 2.05) is 12.1 Å². The first-order valence-electron chi connectivity index (χ1n) is 6.25. The molecule has 0 bridgehead atoms. The molecule has 0 spiro atoms. The topological polar surface area (TPSA) is 38.9 Å². The van der Waals surface area contributed by atoms with Crippen molar-refractivity contribution in [1.29, 1.82) is 0 Å². The first-order valence-corrected chi connectivity index (χ1v) is 6.25. The van der Waals surface area contributed by atoms with Gasteiger partial charge < -0.3 is 5.73 Å². The summed E-state index contributed by atoms with van der Waals surface area (Å²) in [5.41, 5.74) is 14.0. The van der Waals surface area contributed by atoms with Crippen LogP contribution in [0.1, 0.15) is 39.4 Å². The third-order valence-corrected chi connectivity index (χ3v) is 3.80. The summed E-state index contributed by atoms with van der Waals surface area (Å²) in [5, 5.41) is 0. The summed E-state index contributed by atoms with van der Waals surface area (Å²) in [6.45, 7) is 8.59. The zero-order valence-corrected chi connectivity index (χ0v) is 11.5. The molecule has 1 unspecified atom stereocenters. The van der Waals surface area contributed by atoms with Crippen LogP contribution in [0.4, 0.5) is 0 Å². The number of benzene rings is 1. The number of aromatic nitrogens is 1. The van der Waals surface area contributed by atoms with E-state index in [2.05, 4.69) is 38.7 Å². The highest BCUT2D eigenvalue weighted by Crippen LogP contribution is 2.29. The van der Waals surface area contributed by atoms with E-state index in [-0.39, 0.29) is 6.04 Å². The van der Waals surface area contributed by atoms with Crippen molar-refractivity contribution in [1.82, 2.24) is 4.98 Å². The van der Waals surface area contributed by atoms with Gasteiger partial charge in [-0.15, -0.1) is 0 Å². The fourth-order valence-corrected chi connectivity index (χ4v) is 2.45. The lowest BCUT2D eigenvalue weighted by molar-refractivity contribution is 0.842. The number of nitrogens with two attached hydrogens (primary N) is 1. The molecule has 0 radical (unpaired) electrons. The van der Waals surface area contributed by atoms with Crippen LogP contribution < -0.4 is 5.73 Å². The van der Waals surface area contributed by atoms with Crippen molar-refractivity contribution in [3.05, 3.63) is 64.0 Å². The second-order valence-electron chi connectivity index (χ2n) is 4.93. The molecule has 1 atom stereocenters. The second kappa shape index (κ2) is 4.91. The Balaban J connectivity index is 2.58. The molecule has 94 valence electrons. The van der Waals surface area contributed by atoms with Crippen LogP contribution in [0.5, 0.6) is 0 Å². The molecule has 2 rings (SSSR count). The molecular formula is C16H20N2. The highest BCUT2D eigenvalue weighted by Gasteiger charge is 2.16. The first-order chi connectivity index (χ1) is 8.52. The minimum Gasteiger partial charge on any atom is -0.320 e. The average Bonchev–Trinajstić information content (AvgIpc) is 2.37. The molecule has 0 saturated heterocycles. The molecule has 2 aromatic rings. The normalized spacial score (nSPS) is 12.5. The number of hydrogen-bond donors (Lipinski definition) is 1. The monoisotopic (exact) mass is 240 g/mol. The zero-order chi connectivity index (χ0) is 13.3. The van der Waals surface area contributed by atoms with E-state index in [9.17, 15) is 0 Å². The van der Waals surface area contributed by atoms with Crippen molar-refractivity contribution in [3.8, 4) is 0 Å². The van der Waals surface area contributed by atoms with E-state index in [0.29, 0.717) is 0 Å². The smallest absolute Gasteiger partial charge is 0.0558 e. The van der Waals surface area contributed by atoms with Crippen LogP contribution in [0.15, 0.2) is 30.6 Å². The Hall–Kier alpha value is -1.67. The van der Waals surface area contributed by atoms with Gasteiger partial charge in [-0.1, -0.05) is 6.07 Å². The molecule has 2 heteroatoms. The Kier molecular flexibility index (Phi) is 3.48. The summed E-state index contributed by atoms with van der Waals surface area (Å²) in [5.74, 6) is 0. The molecule has 0 aliphatic heterocycles. The lowest BCUT2D eigenvalue weighted by atomic mass is 9.87. The van der Waals surface area contributed by atoms with Gasteiger partial charge in [0.05, 0.1) is 6.04 Å². The molecule has 0 amide bonds. The highest BCUT2D eigenvalue weighted by molar-refractivity contribution is 5.48. The average molecular weight is 240 g/mol. The van der Waals surface area contributed by atoms with Crippen molar-refractivity contribution >= 4 is 0 Å². The Bertz CT molecular complexity index is 533. The number of aryl methyl sites for hydroxylation is 2. The van der Waals surface area contributed by atoms with Crippen molar-refractivity contribution in [2.75, 3.05) is 0 Å². The van der Waals surface area contributed by atoms with Crippen LogP contribution in [0, 0.1) is 27.7 Å². The Morgan fingerprint density at radius 2 is 1.44 bits per heavy atom. The van der Waals surface area contributed by atoms with Gasteiger partial charge in [0, 0.05) is 12.4 Å². The van der Waals surface area contributed by atoms with Crippen LogP contribution in [0.25, 0.3) is 0 Å². The molecule has 1 heterocycles. The molecule has 2 N–H and O–H groups in total. The fraction of sp³-hybridized carbons (Fsp3) is 0.312. The summed E-state index contributed by atoms with van der Waals surface area (Å²) in [6.07, 6.45) is 3.59. The minimum absolute atomic E-state index is 0.0772. The Labute approximate surface area is 109 Å². The van der Waals surface area contributed by atoms with Crippen molar-refractivity contribution in [2.24, 2.45) is 5.73 Å². The predicted molar refractivity (Wildman–Crippen MR) is 75.7 cm³/mol. The maximum absolute atomic E-state index is 6.43. The van der Waals surface area contributed by atoms with Gasteiger partial charge in [0.1, 0.15) is 0 Å². The number of nitrogens with zero attached hydrogens (tertiary/aromatic N) is 1. The Morgan fingerprint density at radius 3 is 1.94 bits per heavy atom. The molecule has 0 aliphatic carbocycles. The van der Waals surface area contributed by atoms with E-state index in [4.69, 9.17) is 5.73 Å². The van der Waals surface area contributed by atoms with E-state index < -0.39 is 0 Å². The van der Waals surface area contributed by atoms with E-state index in [1.165, 1.54) is 27.8 Å². The second-order valence-corrected chi connectivity index (χ2v) is 4.93. The van der Waals surface area contributed by atoms with Gasteiger partial charge in [-0.25, -0.2) is 0 Å². The zero-order valence-electron chi connectivity index (χ0n) is 11.5. The summed E-state index contributed by atoms with van der Waals surface area (Å²) in [4.78, 5) is 4.05. The molecule has 1 aromatic heterocycles. The molecule has 0 fully saturated rings. The third-order valence-electron chi connectivity index (χ3n) is 3.80. The number of pyridine rings is 1. The van der Waals surface area contributed by atoms with Crippen molar-refractivity contribution < 1.29 is 0 Å². The van der Waals surface area contributed by atoms with Crippen molar-refractivity contribution in [2.45, 2.75) is 33.7 Å². The van der Waals surface area contributed by atoms with Gasteiger partial charge in [-0.05, 0) is 73.2 Å². The number of rotatable bonds is 2. The maximum atomic E-state index is 6.43. The maximum Gasteiger partial charge on any atom is 0.0558 e. The fourth-order valence-electron chi connectivity index (χ4n) is 2.45. The van der Waals surface area contributed by atoms with E-state index in [1.54, 1.807) is 12.4 Å². The molecule has 1 aromatic carbocycles. The van der Waals surface area contributed by atoms with Crippen molar-refractivity contribution in [3.63, 3.8) is 0 Å². The van der Waals surface area contributed by atoms with Gasteiger partial charge in [-0.2, -0.15) is 0 Å². The quantitative estimate of drug-likeness (QED) is 0.874. The van der Waals surface area contributed by atoms with Crippen LogP contribution >= 0.6 is 0 Å². The van der Waals surface area contributed by atoms with Gasteiger partial charge in [0.25, 0.3) is 0 Å². The number of hydrogen-bond acceptors (Lipinski definition) is 2. The van der Waals surface area contributed by atoms with Crippen LogP contribution in [-0.2, 0) is 0 Å². The molecule has 18 heavy (non-hydrogen) atoms. The third kappa shape index (κ3) is 2.16. The van der Waals surface area contributed by atoms with Gasteiger partial charge >= 0.3 is 0 Å². The van der Waals surface area contributed by atoms with E-state index in [0.717, 1.165) is 5.56 Å². The Morgan fingerprint density at radius 1 is 0.944 bits per heavy atom. The predicted octanol–water partition coefficient (Wildman–Crippen LogP) is 3.36. The summed E-state index contributed by atoms with van der Waals surface area (Å²) < 4.78 is 0.